The van der Waals surface area contributed by atoms with Crippen LogP contribution in [0.1, 0.15) is 10.6 Å². The molecule has 6 heteroatoms. The average Bonchev–Trinajstić information content (AvgIpc) is 2.71. The summed E-state index contributed by atoms with van der Waals surface area (Å²) in [6.45, 7) is 0.905. The number of benzene rings is 1. The molecule has 2 rings (SSSR count). The van der Waals surface area contributed by atoms with Gasteiger partial charge >= 0.3 is 0 Å². The van der Waals surface area contributed by atoms with Gasteiger partial charge in [0.15, 0.2) is 0 Å². The minimum absolute atomic E-state index is 0.449. The zero-order valence-corrected chi connectivity index (χ0v) is 12.1. The number of methoxy groups -OCH3 is 1. The van der Waals surface area contributed by atoms with Crippen molar-refractivity contribution < 1.29 is 4.74 Å². The monoisotopic (exact) mass is 302 g/mol. The first-order chi connectivity index (χ1) is 8.63. The van der Waals surface area contributed by atoms with Crippen molar-refractivity contribution in [3.05, 3.63) is 38.8 Å². The van der Waals surface area contributed by atoms with E-state index in [2.05, 4.69) is 4.98 Å². The van der Waals surface area contributed by atoms with Gasteiger partial charge in [-0.15, -0.1) is 11.3 Å². The molecule has 0 bridgehead atoms. The van der Waals surface area contributed by atoms with Gasteiger partial charge in [-0.3, -0.25) is 0 Å². The van der Waals surface area contributed by atoms with Gasteiger partial charge in [0.1, 0.15) is 5.01 Å². The van der Waals surface area contributed by atoms with E-state index < -0.39 is 0 Å². The highest BCUT2D eigenvalue weighted by molar-refractivity contribution is 7.15. The minimum Gasteiger partial charge on any atom is -0.378 e. The van der Waals surface area contributed by atoms with E-state index in [0.29, 0.717) is 23.2 Å². The fraction of sp³-hybridized carbons (Fsp3) is 0.250. The van der Waals surface area contributed by atoms with Gasteiger partial charge in [0.2, 0.25) is 0 Å². The lowest BCUT2D eigenvalue weighted by Gasteiger charge is -1.99. The van der Waals surface area contributed by atoms with Gasteiger partial charge in [-0.05, 0) is 18.2 Å². The molecule has 0 aliphatic rings. The van der Waals surface area contributed by atoms with Crippen LogP contribution in [0.4, 0.5) is 0 Å². The highest BCUT2D eigenvalue weighted by atomic mass is 35.5. The summed E-state index contributed by atoms with van der Waals surface area (Å²) in [4.78, 5) is 5.54. The van der Waals surface area contributed by atoms with Crippen LogP contribution in [0.15, 0.2) is 18.2 Å². The smallest absolute Gasteiger partial charge is 0.124 e. The molecule has 0 amide bonds. The standard InChI is InChI=1S/C12H12Cl2N2OS/c1-17-6-10-11(5-15)18-12(16-10)7-2-8(13)4-9(14)3-7/h2-4H,5-6,15H2,1H3. The van der Waals surface area contributed by atoms with Crippen molar-refractivity contribution in [3.63, 3.8) is 0 Å². The van der Waals surface area contributed by atoms with Crippen LogP contribution in [0.25, 0.3) is 10.6 Å². The van der Waals surface area contributed by atoms with Crippen molar-refractivity contribution in [2.75, 3.05) is 7.11 Å². The summed E-state index contributed by atoms with van der Waals surface area (Å²) < 4.78 is 5.10. The van der Waals surface area contributed by atoms with Crippen LogP contribution in [0.5, 0.6) is 0 Å². The number of ether oxygens (including phenoxy) is 1. The van der Waals surface area contributed by atoms with Crippen LogP contribution >= 0.6 is 34.5 Å². The summed E-state index contributed by atoms with van der Waals surface area (Å²) in [5.74, 6) is 0. The number of rotatable bonds is 4. The predicted molar refractivity (Wildman–Crippen MR) is 76.2 cm³/mol. The maximum absolute atomic E-state index is 5.98. The van der Waals surface area contributed by atoms with E-state index in [1.165, 1.54) is 11.3 Å². The SMILES string of the molecule is COCc1nc(-c2cc(Cl)cc(Cl)c2)sc1CN. The first-order valence-corrected chi connectivity index (χ1v) is 6.85. The van der Waals surface area contributed by atoms with E-state index in [1.54, 1.807) is 13.2 Å². The molecule has 3 nitrogen and oxygen atoms in total. The van der Waals surface area contributed by atoms with Crippen LogP contribution in [0.2, 0.25) is 10.0 Å². The Hall–Kier alpha value is -0.650. The van der Waals surface area contributed by atoms with Crippen molar-refractivity contribution in [2.45, 2.75) is 13.2 Å². The quantitative estimate of drug-likeness (QED) is 0.936. The molecule has 0 saturated carbocycles. The van der Waals surface area contributed by atoms with Crippen molar-refractivity contribution in [3.8, 4) is 10.6 Å². The fourth-order valence-corrected chi connectivity index (χ4v) is 3.05. The second-order valence-electron chi connectivity index (χ2n) is 3.68. The lowest BCUT2D eigenvalue weighted by molar-refractivity contribution is 0.181. The van der Waals surface area contributed by atoms with Gasteiger partial charge in [-0.2, -0.15) is 0 Å². The average molecular weight is 303 g/mol. The predicted octanol–water partition coefficient (Wildman–Crippen LogP) is 3.72. The van der Waals surface area contributed by atoms with E-state index in [-0.39, 0.29) is 0 Å². The van der Waals surface area contributed by atoms with Gasteiger partial charge in [0, 0.05) is 34.1 Å². The summed E-state index contributed by atoms with van der Waals surface area (Å²) in [5.41, 5.74) is 7.46. The lowest BCUT2D eigenvalue weighted by atomic mass is 10.2. The van der Waals surface area contributed by atoms with Gasteiger partial charge < -0.3 is 10.5 Å². The third-order valence-corrected chi connectivity index (χ3v) is 3.96. The number of nitrogens with zero attached hydrogens (tertiary/aromatic N) is 1. The third kappa shape index (κ3) is 3.02. The highest BCUT2D eigenvalue weighted by Gasteiger charge is 2.12. The Kier molecular flexibility index (Phi) is 4.59. The second kappa shape index (κ2) is 5.99. The Bertz CT molecular complexity index is 537. The molecule has 0 fully saturated rings. The second-order valence-corrected chi connectivity index (χ2v) is 5.64. The molecular formula is C12H12Cl2N2OS. The number of halogens is 2. The largest absolute Gasteiger partial charge is 0.378 e. The molecule has 0 aliphatic carbocycles. The molecule has 2 N–H and O–H groups in total. The fourth-order valence-electron chi connectivity index (χ4n) is 1.59. The van der Waals surface area contributed by atoms with Crippen molar-refractivity contribution in [1.82, 2.24) is 4.98 Å². The summed E-state index contributed by atoms with van der Waals surface area (Å²) in [7, 11) is 1.63. The van der Waals surface area contributed by atoms with E-state index in [0.717, 1.165) is 21.1 Å². The minimum atomic E-state index is 0.449. The van der Waals surface area contributed by atoms with Crippen LogP contribution in [-0.2, 0) is 17.9 Å². The third-order valence-electron chi connectivity index (χ3n) is 2.35. The Morgan fingerprint density at radius 1 is 1.28 bits per heavy atom. The molecule has 0 atom stereocenters. The van der Waals surface area contributed by atoms with E-state index >= 15 is 0 Å². The zero-order valence-electron chi connectivity index (χ0n) is 9.74. The molecule has 0 saturated heterocycles. The Labute approximate surface area is 120 Å². The maximum atomic E-state index is 5.98. The number of hydrogen-bond donors (Lipinski definition) is 1. The van der Waals surface area contributed by atoms with E-state index in [4.69, 9.17) is 33.7 Å². The first-order valence-electron chi connectivity index (χ1n) is 5.28. The van der Waals surface area contributed by atoms with Crippen molar-refractivity contribution in [1.29, 1.82) is 0 Å². The van der Waals surface area contributed by atoms with Gasteiger partial charge in [-0.25, -0.2) is 4.98 Å². The number of thiazole rings is 1. The van der Waals surface area contributed by atoms with Crippen LogP contribution < -0.4 is 5.73 Å². The maximum Gasteiger partial charge on any atom is 0.124 e. The Balaban J connectivity index is 2.43. The topological polar surface area (TPSA) is 48.1 Å². The van der Waals surface area contributed by atoms with Gasteiger partial charge in [-0.1, -0.05) is 23.2 Å². The zero-order chi connectivity index (χ0) is 13.1. The van der Waals surface area contributed by atoms with Crippen molar-refractivity contribution >= 4 is 34.5 Å². The molecule has 1 aromatic carbocycles. The molecule has 0 unspecified atom stereocenters. The Morgan fingerprint density at radius 2 is 1.94 bits per heavy atom. The summed E-state index contributed by atoms with van der Waals surface area (Å²) >= 11 is 13.5. The molecular weight excluding hydrogens is 291 g/mol. The number of nitrogens with two attached hydrogens (primary N) is 1. The molecule has 96 valence electrons. The van der Waals surface area contributed by atoms with E-state index in [9.17, 15) is 0 Å². The summed E-state index contributed by atoms with van der Waals surface area (Å²) in [5, 5.41) is 2.04. The summed E-state index contributed by atoms with van der Waals surface area (Å²) in [6, 6.07) is 5.37. The van der Waals surface area contributed by atoms with Gasteiger partial charge in [0.05, 0.1) is 12.3 Å². The Morgan fingerprint density at radius 3 is 2.50 bits per heavy atom. The number of hydrogen-bond acceptors (Lipinski definition) is 4. The molecule has 2 aromatic rings. The molecule has 0 aliphatic heterocycles. The van der Waals surface area contributed by atoms with Crippen LogP contribution in [0, 0.1) is 0 Å². The highest BCUT2D eigenvalue weighted by Crippen LogP contribution is 2.32. The lowest BCUT2D eigenvalue weighted by Crippen LogP contribution is -1.99. The van der Waals surface area contributed by atoms with Crippen molar-refractivity contribution in [2.24, 2.45) is 5.73 Å². The normalized spacial score (nSPS) is 10.9. The van der Waals surface area contributed by atoms with Crippen LogP contribution in [-0.4, -0.2) is 12.1 Å². The van der Waals surface area contributed by atoms with Crippen LogP contribution in [0.3, 0.4) is 0 Å². The molecule has 1 aromatic heterocycles. The van der Waals surface area contributed by atoms with Gasteiger partial charge in [0.25, 0.3) is 0 Å². The summed E-state index contributed by atoms with van der Waals surface area (Å²) in [6.07, 6.45) is 0. The first kappa shape index (κ1) is 13.8. The molecule has 18 heavy (non-hydrogen) atoms. The molecule has 0 radical (unpaired) electrons. The molecule has 1 heterocycles. The van der Waals surface area contributed by atoms with E-state index in [1.807, 2.05) is 12.1 Å². The molecule has 0 spiro atoms. The number of aromatic nitrogens is 1.